The molecule has 0 spiro atoms. The van der Waals surface area contributed by atoms with E-state index in [0.29, 0.717) is 5.69 Å². The molecule has 2 aromatic carbocycles. The van der Waals surface area contributed by atoms with Gasteiger partial charge in [-0.1, -0.05) is 24.3 Å². The molecule has 0 aliphatic carbocycles. The van der Waals surface area contributed by atoms with Crippen LogP contribution in [0, 0.1) is 0 Å². The Labute approximate surface area is 104 Å². The number of amides is 1. The van der Waals surface area contributed by atoms with Gasteiger partial charge in [0.05, 0.1) is 23.6 Å². The van der Waals surface area contributed by atoms with Crippen molar-refractivity contribution in [2.75, 3.05) is 16.8 Å². The summed E-state index contributed by atoms with van der Waals surface area (Å²) in [5.41, 5.74) is 2.16. The standard InChI is InChI=1S/C14H12N2O2/c17-13-8-4-3-7-12(13)16-11-6-2-1-5-10(11)15-9-14(16)18/h1-8,15,17H,9H2. The summed E-state index contributed by atoms with van der Waals surface area (Å²) in [7, 11) is 0. The summed E-state index contributed by atoms with van der Waals surface area (Å²) >= 11 is 0. The molecule has 0 saturated carbocycles. The van der Waals surface area contributed by atoms with Gasteiger partial charge in [-0.25, -0.2) is 0 Å². The molecule has 1 heterocycles. The predicted molar refractivity (Wildman–Crippen MR) is 70.2 cm³/mol. The fraction of sp³-hybridized carbons (Fsp3) is 0.0714. The maximum Gasteiger partial charge on any atom is 0.251 e. The minimum atomic E-state index is -0.0878. The summed E-state index contributed by atoms with van der Waals surface area (Å²) in [5.74, 6) is 0.0118. The maximum atomic E-state index is 12.1. The molecule has 1 amide bonds. The highest BCUT2D eigenvalue weighted by atomic mass is 16.3. The summed E-state index contributed by atoms with van der Waals surface area (Å²) in [4.78, 5) is 13.6. The zero-order valence-electron chi connectivity index (χ0n) is 9.63. The molecule has 90 valence electrons. The third-order valence-corrected chi connectivity index (χ3v) is 2.95. The molecular weight excluding hydrogens is 228 g/mol. The maximum absolute atomic E-state index is 12.1. The van der Waals surface area contributed by atoms with Crippen LogP contribution >= 0.6 is 0 Å². The number of hydrogen-bond acceptors (Lipinski definition) is 3. The van der Waals surface area contributed by atoms with Crippen molar-refractivity contribution in [3.05, 3.63) is 48.5 Å². The Morgan fingerprint density at radius 1 is 1.00 bits per heavy atom. The van der Waals surface area contributed by atoms with E-state index in [9.17, 15) is 9.90 Å². The van der Waals surface area contributed by atoms with Crippen molar-refractivity contribution >= 4 is 23.0 Å². The molecule has 0 radical (unpaired) electrons. The van der Waals surface area contributed by atoms with Gasteiger partial charge in [-0.3, -0.25) is 9.69 Å². The van der Waals surface area contributed by atoms with Crippen LogP contribution in [0.4, 0.5) is 17.1 Å². The lowest BCUT2D eigenvalue weighted by molar-refractivity contribution is -0.116. The fourth-order valence-corrected chi connectivity index (χ4v) is 2.12. The van der Waals surface area contributed by atoms with Crippen molar-refractivity contribution in [3.8, 4) is 5.75 Å². The third-order valence-electron chi connectivity index (χ3n) is 2.95. The van der Waals surface area contributed by atoms with Gasteiger partial charge in [-0.2, -0.15) is 0 Å². The second kappa shape index (κ2) is 4.07. The lowest BCUT2D eigenvalue weighted by atomic mass is 10.1. The molecular formula is C14H12N2O2. The van der Waals surface area contributed by atoms with Crippen LogP contribution in [0.25, 0.3) is 0 Å². The minimum absolute atomic E-state index is 0.0878. The lowest BCUT2D eigenvalue weighted by Crippen LogP contribution is -2.36. The Morgan fingerprint density at radius 3 is 2.44 bits per heavy atom. The molecule has 2 aromatic rings. The highest BCUT2D eigenvalue weighted by Gasteiger charge is 2.26. The number of carbonyl (C=O) groups excluding carboxylic acids is 1. The Kier molecular flexibility index (Phi) is 2.41. The Bertz CT molecular complexity index is 610. The molecule has 18 heavy (non-hydrogen) atoms. The number of phenols is 1. The Balaban J connectivity index is 2.17. The van der Waals surface area contributed by atoms with Crippen molar-refractivity contribution < 1.29 is 9.90 Å². The van der Waals surface area contributed by atoms with Gasteiger partial charge in [0.1, 0.15) is 5.75 Å². The van der Waals surface area contributed by atoms with Gasteiger partial charge in [0.2, 0.25) is 0 Å². The molecule has 0 unspecified atom stereocenters. The van der Waals surface area contributed by atoms with Gasteiger partial charge < -0.3 is 10.4 Å². The molecule has 1 aliphatic heterocycles. The summed E-state index contributed by atoms with van der Waals surface area (Å²) in [6.07, 6.45) is 0. The van der Waals surface area contributed by atoms with Crippen LogP contribution in [0.15, 0.2) is 48.5 Å². The highest BCUT2D eigenvalue weighted by molar-refractivity contribution is 6.08. The van der Waals surface area contributed by atoms with E-state index >= 15 is 0 Å². The molecule has 0 bridgehead atoms. The first kappa shape index (κ1) is 10.7. The second-order valence-electron chi connectivity index (χ2n) is 4.09. The number of phenolic OH excluding ortho intramolecular Hbond substituents is 1. The Morgan fingerprint density at radius 2 is 1.67 bits per heavy atom. The van der Waals surface area contributed by atoms with Crippen molar-refractivity contribution in [1.29, 1.82) is 0 Å². The Hall–Kier alpha value is -2.49. The highest BCUT2D eigenvalue weighted by Crippen LogP contribution is 2.38. The van der Waals surface area contributed by atoms with Gasteiger partial charge in [-0.15, -0.1) is 0 Å². The number of benzene rings is 2. The second-order valence-corrected chi connectivity index (χ2v) is 4.09. The molecule has 0 aromatic heterocycles. The number of anilines is 3. The van der Waals surface area contributed by atoms with Crippen molar-refractivity contribution in [3.63, 3.8) is 0 Å². The predicted octanol–water partition coefficient (Wildman–Crippen LogP) is 2.48. The summed E-state index contributed by atoms with van der Waals surface area (Å²) < 4.78 is 0. The number of carbonyl (C=O) groups is 1. The van der Waals surface area contributed by atoms with E-state index in [2.05, 4.69) is 5.32 Å². The number of nitrogens with zero attached hydrogens (tertiary/aromatic N) is 1. The number of fused-ring (bicyclic) bond motifs is 1. The monoisotopic (exact) mass is 240 g/mol. The van der Waals surface area contributed by atoms with Crippen molar-refractivity contribution in [2.24, 2.45) is 0 Å². The molecule has 2 N–H and O–H groups in total. The lowest BCUT2D eigenvalue weighted by Gasteiger charge is -2.30. The van der Waals surface area contributed by atoms with E-state index < -0.39 is 0 Å². The van der Waals surface area contributed by atoms with Crippen molar-refractivity contribution in [1.82, 2.24) is 0 Å². The van der Waals surface area contributed by atoms with Crippen LogP contribution in [0.2, 0.25) is 0 Å². The van der Waals surface area contributed by atoms with Crippen LogP contribution in [0.1, 0.15) is 0 Å². The van der Waals surface area contributed by atoms with Gasteiger partial charge in [-0.05, 0) is 24.3 Å². The minimum Gasteiger partial charge on any atom is -0.506 e. The smallest absolute Gasteiger partial charge is 0.251 e. The average Bonchev–Trinajstić information content (AvgIpc) is 2.40. The number of rotatable bonds is 1. The number of para-hydroxylation sites is 4. The fourth-order valence-electron chi connectivity index (χ4n) is 2.12. The van der Waals surface area contributed by atoms with Crippen LogP contribution in [-0.4, -0.2) is 17.6 Å². The number of aromatic hydroxyl groups is 1. The summed E-state index contributed by atoms with van der Waals surface area (Å²) in [5, 5.41) is 13.0. The molecule has 4 nitrogen and oxygen atoms in total. The van der Waals surface area contributed by atoms with Crippen LogP contribution in [0.3, 0.4) is 0 Å². The number of hydrogen-bond donors (Lipinski definition) is 2. The quantitative estimate of drug-likeness (QED) is 0.805. The summed E-state index contributed by atoms with van der Waals surface area (Å²) in [6.45, 7) is 0.228. The molecule has 0 saturated heterocycles. The molecule has 4 heteroatoms. The van der Waals surface area contributed by atoms with E-state index in [0.717, 1.165) is 11.4 Å². The molecule has 0 atom stereocenters. The average molecular weight is 240 g/mol. The first-order chi connectivity index (χ1) is 8.77. The molecule has 0 fully saturated rings. The topological polar surface area (TPSA) is 52.6 Å². The van der Waals surface area contributed by atoms with E-state index in [1.807, 2.05) is 24.3 Å². The number of nitrogens with one attached hydrogen (secondary N) is 1. The van der Waals surface area contributed by atoms with Gasteiger partial charge in [0.15, 0.2) is 0 Å². The van der Waals surface area contributed by atoms with E-state index in [-0.39, 0.29) is 18.2 Å². The largest absolute Gasteiger partial charge is 0.506 e. The van der Waals surface area contributed by atoms with Gasteiger partial charge >= 0.3 is 0 Å². The van der Waals surface area contributed by atoms with Crippen molar-refractivity contribution in [2.45, 2.75) is 0 Å². The zero-order valence-corrected chi connectivity index (χ0v) is 9.63. The van der Waals surface area contributed by atoms with Gasteiger partial charge in [0, 0.05) is 0 Å². The first-order valence-electron chi connectivity index (χ1n) is 5.71. The van der Waals surface area contributed by atoms with E-state index in [4.69, 9.17) is 0 Å². The van der Waals surface area contributed by atoms with Crippen LogP contribution in [-0.2, 0) is 4.79 Å². The summed E-state index contributed by atoms with van der Waals surface area (Å²) in [6, 6.07) is 14.4. The van der Waals surface area contributed by atoms with Gasteiger partial charge in [0.25, 0.3) is 5.91 Å². The SMILES string of the molecule is O=C1CNc2ccccc2N1c1ccccc1O. The first-order valence-corrected chi connectivity index (χ1v) is 5.71. The molecule has 1 aliphatic rings. The molecule has 3 rings (SSSR count). The van der Waals surface area contributed by atoms with E-state index in [1.165, 1.54) is 0 Å². The third kappa shape index (κ3) is 1.59. The normalized spacial score (nSPS) is 14.0. The van der Waals surface area contributed by atoms with E-state index in [1.54, 1.807) is 29.2 Å². The van der Waals surface area contributed by atoms with Crippen LogP contribution < -0.4 is 10.2 Å². The zero-order chi connectivity index (χ0) is 12.5. The van der Waals surface area contributed by atoms with Crippen LogP contribution in [0.5, 0.6) is 5.75 Å².